The van der Waals surface area contributed by atoms with Crippen LogP contribution in [0.3, 0.4) is 0 Å². The summed E-state index contributed by atoms with van der Waals surface area (Å²) in [7, 11) is -3.87. The number of anilines is 2. The fraction of sp³-hybridized carbons (Fsp3) is 0.0500. The zero-order valence-corrected chi connectivity index (χ0v) is 18.5. The van der Waals surface area contributed by atoms with Crippen LogP contribution >= 0.6 is 23.2 Å². The van der Waals surface area contributed by atoms with Crippen molar-refractivity contribution in [3.63, 3.8) is 0 Å². The molecule has 12 heteroatoms. The van der Waals surface area contributed by atoms with Crippen LogP contribution in [0.2, 0.25) is 10.0 Å². The topological polar surface area (TPSA) is 130 Å². The Kier molecular flexibility index (Phi) is 7.18. The number of benzene rings is 3. The molecule has 3 aromatic carbocycles. The fourth-order valence-electron chi connectivity index (χ4n) is 2.58. The van der Waals surface area contributed by atoms with E-state index < -0.39 is 21.0 Å². The van der Waals surface area contributed by atoms with E-state index in [1.165, 1.54) is 54.6 Å². The average Bonchev–Trinajstić information content (AvgIpc) is 2.75. The second-order valence-corrected chi connectivity index (χ2v) is 8.99. The van der Waals surface area contributed by atoms with Gasteiger partial charge in [0, 0.05) is 24.4 Å². The summed E-state index contributed by atoms with van der Waals surface area (Å²) in [4.78, 5) is 22.2. The number of rotatable bonds is 7. The molecule has 2 amide bonds. The van der Waals surface area contributed by atoms with Gasteiger partial charge in [0.05, 0.1) is 25.6 Å². The summed E-state index contributed by atoms with van der Waals surface area (Å²) < 4.78 is 27.5. The number of non-ortho nitro benzene ring substituents is 1. The number of hydrogen-bond acceptors (Lipinski definition) is 5. The summed E-state index contributed by atoms with van der Waals surface area (Å²) in [6.45, 7) is 0.157. The van der Waals surface area contributed by atoms with Crippen LogP contribution < -0.4 is 15.4 Å². The number of nitro groups is 1. The van der Waals surface area contributed by atoms with Crippen molar-refractivity contribution >= 4 is 56.3 Å². The molecule has 3 N–H and O–H groups in total. The smallest absolute Gasteiger partial charge is 0.319 e. The number of carbonyl (C=O) groups is 1. The molecule has 0 bridgehead atoms. The highest BCUT2D eigenvalue weighted by atomic mass is 35.5. The van der Waals surface area contributed by atoms with Crippen LogP contribution in [-0.4, -0.2) is 19.4 Å². The standard InChI is InChI=1S/C20H16Cl2N4O5S/c21-18-10-5-15(11-19(18)22)25-32(30,31)17-8-3-14(4-9-17)24-20(27)23-12-13-1-6-16(7-2-13)26(28)29/h1-11,25H,12H2,(H2,23,24,27). The molecule has 9 nitrogen and oxygen atoms in total. The SMILES string of the molecule is O=C(NCc1ccc([N+](=O)[O-])cc1)Nc1ccc(S(=O)(=O)Nc2ccc(Cl)c(Cl)c2)cc1. The third-order valence-corrected chi connectivity index (χ3v) is 6.33. The molecule has 0 aliphatic heterocycles. The molecule has 0 fully saturated rings. The maximum atomic E-state index is 12.5. The Morgan fingerprint density at radius 3 is 2.12 bits per heavy atom. The summed E-state index contributed by atoms with van der Waals surface area (Å²) in [6, 6.07) is 15.2. The second-order valence-electron chi connectivity index (χ2n) is 6.49. The van der Waals surface area contributed by atoms with Crippen LogP contribution in [-0.2, 0) is 16.6 Å². The van der Waals surface area contributed by atoms with E-state index in [-0.39, 0.29) is 27.8 Å². The molecule has 0 atom stereocenters. The third-order valence-electron chi connectivity index (χ3n) is 4.19. The fourth-order valence-corrected chi connectivity index (χ4v) is 3.93. The maximum Gasteiger partial charge on any atom is 0.319 e. The van der Waals surface area contributed by atoms with Gasteiger partial charge in [0.25, 0.3) is 15.7 Å². The molecule has 3 aromatic rings. The zero-order chi connectivity index (χ0) is 23.3. The molecule has 0 aromatic heterocycles. The van der Waals surface area contributed by atoms with E-state index in [4.69, 9.17) is 23.2 Å². The minimum absolute atomic E-state index is 0.0135. The molecule has 32 heavy (non-hydrogen) atoms. The molecule has 0 spiro atoms. The lowest BCUT2D eigenvalue weighted by Crippen LogP contribution is -2.28. The van der Waals surface area contributed by atoms with E-state index in [0.29, 0.717) is 16.3 Å². The van der Waals surface area contributed by atoms with Crippen LogP contribution in [0.25, 0.3) is 0 Å². The van der Waals surface area contributed by atoms with E-state index in [2.05, 4.69) is 15.4 Å². The van der Waals surface area contributed by atoms with Gasteiger partial charge in [-0.1, -0.05) is 35.3 Å². The van der Waals surface area contributed by atoms with E-state index in [0.717, 1.165) is 0 Å². The number of nitrogens with one attached hydrogen (secondary N) is 3. The van der Waals surface area contributed by atoms with Gasteiger partial charge in [-0.3, -0.25) is 14.8 Å². The zero-order valence-electron chi connectivity index (χ0n) is 16.2. The molecule has 0 heterocycles. The Labute approximate surface area is 193 Å². The molecule has 0 unspecified atom stereocenters. The van der Waals surface area contributed by atoms with Gasteiger partial charge in [-0.2, -0.15) is 0 Å². The number of sulfonamides is 1. The van der Waals surface area contributed by atoms with Crippen molar-refractivity contribution < 1.29 is 18.1 Å². The Balaban J connectivity index is 1.57. The Hall–Kier alpha value is -3.34. The lowest BCUT2D eigenvalue weighted by molar-refractivity contribution is -0.384. The monoisotopic (exact) mass is 494 g/mol. The largest absolute Gasteiger partial charge is 0.334 e. The number of hydrogen-bond donors (Lipinski definition) is 3. The molecule has 166 valence electrons. The first-order chi connectivity index (χ1) is 15.1. The first-order valence-electron chi connectivity index (χ1n) is 9.00. The third kappa shape index (κ3) is 6.10. The highest BCUT2D eigenvalue weighted by Crippen LogP contribution is 2.26. The van der Waals surface area contributed by atoms with Gasteiger partial charge in [0.15, 0.2) is 0 Å². The quantitative estimate of drug-likeness (QED) is 0.313. The van der Waals surface area contributed by atoms with Crippen molar-refractivity contribution in [2.75, 3.05) is 10.0 Å². The number of carbonyl (C=O) groups excluding carboxylic acids is 1. The summed E-state index contributed by atoms with van der Waals surface area (Å²) in [6.07, 6.45) is 0. The highest BCUT2D eigenvalue weighted by Gasteiger charge is 2.15. The summed E-state index contributed by atoms with van der Waals surface area (Å²) >= 11 is 11.7. The van der Waals surface area contributed by atoms with Gasteiger partial charge < -0.3 is 10.6 Å². The van der Waals surface area contributed by atoms with E-state index in [1.54, 1.807) is 12.1 Å². The number of halogens is 2. The van der Waals surface area contributed by atoms with Crippen LogP contribution in [0.1, 0.15) is 5.56 Å². The van der Waals surface area contributed by atoms with Crippen molar-refractivity contribution in [1.82, 2.24) is 5.32 Å². The first-order valence-corrected chi connectivity index (χ1v) is 11.2. The van der Waals surface area contributed by atoms with Gasteiger partial charge in [-0.15, -0.1) is 0 Å². The van der Waals surface area contributed by atoms with Crippen molar-refractivity contribution in [2.24, 2.45) is 0 Å². The lowest BCUT2D eigenvalue weighted by Gasteiger charge is -2.11. The van der Waals surface area contributed by atoms with Crippen molar-refractivity contribution in [3.05, 3.63) is 92.5 Å². The normalized spacial score (nSPS) is 10.9. The lowest BCUT2D eigenvalue weighted by atomic mass is 10.2. The van der Waals surface area contributed by atoms with Gasteiger partial charge in [-0.25, -0.2) is 13.2 Å². The minimum Gasteiger partial charge on any atom is -0.334 e. The van der Waals surface area contributed by atoms with Crippen LogP contribution in [0.15, 0.2) is 71.6 Å². The van der Waals surface area contributed by atoms with Crippen LogP contribution in [0.5, 0.6) is 0 Å². The van der Waals surface area contributed by atoms with Gasteiger partial charge in [0.1, 0.15) is 0 Å². The van der Waals surface area contributed by atoms with E-state index in [9.17, 15) is 23.3 Å². The Morgan fingerprint density at radius 2 is 1.53 bits per heavy atom. The van der Waals surface area contributed by atoms with Crippen LogP contribution in [0, 0.1) is 10.1 Å². The average molecular weight is 495 g/mol. The molecule has 0 saturated heterocycles. The van der Waals surface area contributed by atoms with Crippen molar-refractivity contribution in [1.29, 1.82) is 0 Å². The van der Waals surface area contributed by atoms with E-state index in [1.807, 2.05) is 0 Å². The molecule has 3 rings (SSSR count). The first kappa shape index (κ1) is 23.3. The number of nitrogens with zero attached hydrogens (tertiary/aromatic N) is 1. The van der Waals surface area contributed by atoms with Crippen molar-refractivity contribution in [2.45, 2.75) is 11.4 Å². The molecular formula is C20H16Cl2N4O5S. The molecule has 0 aliphatic rings. The molecule has 0 aliphatic carbocycles. The van der Waals surface area contributed by atoms with Gasteiger partial charge >= 0.3 is 6.03 Å². The minimum atomic E-state index is -3.87. The number of urea groups is 1. The Morgan fingerprint density at radius 1 is 0.906 bits per heavy atom. The predicted octanol–water partition coefficient (Wildman–Crippen LogP) is 5.02. The van der Waals surface area contributed by atoms with Crippen molar-refractivity contribution in [3.8, 4) is 0 Å². The summed E-state index contributed by atoms with van der Waals surface area (Å²) in [5.74, 6) is 0. The number of nitro benzene ring substituents is 1. The summed E-state index contributed by atoms with van der Waals surface area (Å²) in [5.41, 5.74) is 1.27. The van der Waals surface area contributed by atoms with Gasteiger partial charge in [-0.05, 0) is 48.0 Å². The molecule has 0 radical (unpaired) electrons. The number of amides is 2. The summed E-state index contributed by atoms with van der Waals surface area (Å²) in [5, 5.41) is 16.4. The van der Waals surface area contributed by atoms with Gasteiger partial charge in [0.2, 0.25) is 0 Å². The predicted molar refractivity (Wildman–Crippen MR) is 123 cm³/mol. The maximum absolute atomic E-state index is 12.5. The molecule has 0 saturated carbocycles. The molecular weight excluding hydrogens is 479 g/mol. The van der Waals surface area contributed by atoms with Crippen LogP contribution in [0.4, 0.5) is 21.9 Å². The highest BCUT2D eigenvalue weighted by molar-refractivity contribution is 7.92. The second kappa shape index (κ2) is 9.86. The van der Waals surface area contributed by atoms with E-state index >= 15 is 0 Å². The Bertz CT molecular complexity index is 1250.